The number of anilines is 2. The third kappa shape index (κ3) is 3.35. The Kier molecular flexibility index (Phi) is 3.90. The van der Waals surface area contributed by atoms with Crippen LogP contribution in [0.15, 0.2) is 40.9 Å². The van der Waals surface area contributed by atoms with Gasteiger partial charge in [-0.1, -0.05) is 17.2 Å². The van der Waals surface area contributed by atoms with Gasteiger partial charge in [0.2, 0.25) is 0 Å². The molecule has 2 rings (SSSR count). The van der Waals surface area contributed by atoms with Crippen LogP contribution in [0.2, 0.25) is 0 Å². The fourth-order valence-electron chi connectivity index (χ4n) is 1.93. The Bertz CT molecular complexity index is 618. The van der Waals surface area contributed by atoms with Crippen molar-refractivity contribution in [3.63, 3.8) is 0 Å². The van der Waals surface area contributed by atoms with Gasteiger partial charge < -0.3 is 11.1 Å². The smallest absolute Gasteiger partial charge is 0.255 e. The quantitative estimate of drug-likeness (QED) is 0.825. The molecule has 0 unspecified atom stereocenters. The SMILES string of the molecule is Cc1cc(C)cc(C(=O)Nc2ccc(N)cc2Br)c1. The Morgan fingerprint density at radius 1 is 1.11 bits per heavy atom. The van der Waals surface area contributed by atoms with Crippen molar-refractivity contribution < 1.29 is 4.79 Å². The minimum atomic E-state index is -0.128. The first-order valence-electron chi connectivity index (χ1n) is 5.90. The van der Waals surface area contributed by atoms with Crippen molar-refractivity contribution in [2.45, 2.75) is 13.8 Å². The summed E-state index contributed by atoms with van der Waals surface area (Å²) in [7, 11) is 0. The molecule has 3 N–H and O–H groups in total. The number of nitrogen functional groups attached to an aromatic ring is 1. The summed E-state index contributed by atoms with van der Waals surface area (Å²) in [5.74, 6) is -0.128. The highest BCUT2D eigenvalue weighted by atomic mass is 79.9. The number of nitrogens with two attached hydrogens (primary N) is 1. The number of nitrogens with one attached hydrogen (secondary N) is 1. The fourth-order valence-corrected chi connectivity index (χ4v) is 2.43. The van der Waals surface area contributed by atoms with Crippen molar-refractivity contribution in [3.05, 3.63) is 57.6 Å². The van der Waals surface area contributed by atoms with E-state index < -0.39 is 0 Å². The number of carbonyl (C=O) groups is 1. The van der Waals surface area contributed by atoms with Crippen LogP contribution in [0.3, 0.4) is 0 Å². The number of hydrogen-bond acceptors (Lipinski definition) is 2. The summed E-state index contributed by atoms with van der Waals surface area (Å²) in [4.78, 5) is 12.2. The van der Waals surface area contributed by atoms with Crippen LogP contribution in [0, 0.1) is 13.8 Å². The predicted octanol–water partition coefficient (Wildman–Crippen LogP) is 3.90. The average Bonchev–Trinajstić information content (AvgIpc) is 2.31. The molecule has 98 valence electrons. The van der Waals surface area contributed by atoms with Crippen LogP contribution in [-0.2, 0) is 0 Å². The topological polar surface area (TPSA) is 55.1 Å². The molecule has 0 radical (unpaired) electrons. The maximum Gasteiger partial charge on any atom is 0.255 e. The zero-order valence-corrected chi connectivity index (χ0v) is 12.4. The second kappa shape index (κ2) is 5.45. The van der Waals surface area contributed by atoms with Gasteiger partial charge in [0.05, 0.1) is 5.69 Å². The maximum absolute atomic E-state index is 12.2. The number of carbonyl (C=O) groups excluding carboxylic acids is 1. The lowest BCUT2D eigenvalue weighted by molar-refractivity contribution is 0.102. The third-order valence-corrected chi connectivity index (χ3v) is 3.38. The Morgan fingerprint density at radius 2 is 1.74 bits per heavy atom. The van der Waals surface area contributed by atoms with Crippen molar-refractivity contribution in [1.29, 1.82) is 0 Å². The molecule has 0 fully saturated rings. The fraction of sp³-hybridized carbons (Fsp3) is 0.133. The van der Waals surface area contributed by atoms with E-state index in [2.05, 4.69) is 21.2 Å². The summed E-state index contributed by atoms with van der Waals surface area (Å²) in [5.41, 5.74) is 9.82. The highest BCUT2D eigenvalue weighted by molar-refractivity contribution is 9.10. The summed E-state index contributed by atoms with van der Waals surface area (Å²) in [6.45, 7) is 3.95. The van der Waals surface area contributed by atoms with E-state index in [0.717, 1.165) is 15.6 Å². The predicted molar refractivity (Wildman–Crippen MR) is 82.4 cm³/mol. The lowest BCUT2D eigenvalue weighted by atomic mass is 10.1. The summed E-state index contributed by atoms with van der Waals surface area (Å²) >= 11 is 3.38. The molecule has 2 aromatic carbocycles. The first-order chi connectivity index (χ1) is 8.95. The van der Waals surface area contributed by atoms with E-state index >= 15 is 0 Å². The van der Waals surface area contributed by atoms with Gasteiger partial charge >= 0.3 is 0 Å². The summed E-state index contributed by atoms with van der Waals surface area (Å²) < 4.78 is 0.769. The largest absolute Gasteiger partial charge is 0.399 e. The molecule has 0 aliphatic rings. The van der Waals surface area contributed by atoms with Crippen LogP contribution in [-0.4, -0.2) is 5.91 Å². The van der Waals surface area contributed by atoms with Gasteiger partial charge in [-0.15, -0.1) is 0 Å². The average molecular weight is 319 g/mol. The highest BCUT2D eigenvalue weighted by Crippen LogP contribution is 2.25. The molecule has 0 aliphatic heterocycles. The van der Waals surface area contributed by atoms with E-state index in [-0.39, 0.29) is 5.91 Å². The zero-order chi connectivity index (χ0) is 14.0. The van der Waals surface area contributed by atoms with Crippen molar-refractivity contribution in [3.8, 4) is 0 Å². The molecular formula is C15H15BrN2O. The van der Waals surface area contributed by atoms with Crippen molar-refractivity contribution >= 4 is 33.2 Å². The second-order valence-corrected chi connectivity index (χ2v) is 5.42. The number of halogens is 1. The molecule has 0 saturated heterocycles. The molecule has 1 amide bonds. The molecule has 3 nitrogen and oxygen atoms in total. The van der Waals surface area contributed by atoms with Crippen LogP contribution >= 0.6 is 15.9 Å². The molecule has 0 aliphatic carbocycles. The molecule has 0 spiro atoms. The number of hydrogen-bond donors (Lipinski definition) is 2. The van der Waals surface area contributed by atoms with E-state index in [1.807, 2.05) is 32.0 Å². The van der Waals surface area contributed by atoms with Crippen molar-refractivity contribution in [2.24, 2.45) is 0 Å². The van der Waals surface area contributed by atoms with E-state index in [1.165, 1.54) is 0 Å². The molecule has 4 heteroatoms. The van der Waals surface area contributed by atoms with Gasteiger partial charge in [0, 0.05) is 15.7 Å². The standard InChI is InChI=1S/C15H15BrN2O/c1-9-5-10(2)7-11(6-9)15(19)18-14-4-3-12(17)8-13(14)16/h3-8H,17H2,1-2H3,(H,18,19). The number of rotatable bonds is 2. The lowest BCUT2D eigenvalue weighted by Crippen LogP contribution is -2.12. The number of amides is 1. The Hall–Kier alpha value is -1.81. The molecule has 0 atom stereocenters. The first-order valence-corrected chi connectivity index (χ1v) is 6.69. The van der Waals surface area contributed by atoms with Gasteiger partial charge in [0.15, 0.2) is 0 Å². The molecule has 0 heterocycles. The minimum Gasteiger partial charge on any atom is -0.399 e. The first kappa shape index (κ1) is 13.6. The molecule has 0 aromatic heterocycles. The van der Waals surface area contributed by atoms with Crippen LogP contribution in [0.5, 0.6) is 0 Å². The van der Waals surface area contributed by atoms with Gasteiger partial charge in [-0.05, 0) is 60.1 Å². The van der Waals surface area contributed by atoms with Crippen LogP contribution in [0.4, 0.5) is 11.4 Å². The lowest BCUT2D eigenvalue weighted by Gasteiger charge is -2.09. The highest BCUT2D eigenvalue weighted by Gasteiger charge is 2.09. The number of aryl methyl sites for hydroxylation is 2. The van der Waals surface area contributed by atoms with E-state index in [1.54, 1.807) is 18.2 Å². The van der Waals surface area contributed by atoms with Gasteiger partial charge in [-0.3, -0.25) is 4.79 Å². The monoisotopic (exact) mass is 318 g/mol. The Labute approximate surface area is 121 Å². The molecule has 0 bridgehead atoms. The zero-order valence-electron chi connectivity index (χ0n) is 10.8. The van der Waals surface area contributed by atoms with Gasteiger partial charge in [-0.25, -0.2) is 0 Å². The van der Waals surface area contributed by atoms with Gasteiger partial charge in [0.25, 0.3) is 5.91 Å². The van der Waals surface area contributed by atoms with Crippen molar-refractivity contribution in [2.75, 3.05) is 11.1 Å². The molecule has 0 saturated carbocycles. The van der Waals surface area contributed by atoms with Crippen LogP contribution < -0.4 is 11.1 Å². The normalized spacial score (nSPS) is 10.3. The van der Waals surface area contributed by atoms with Crippen LogP contribution in [0.1, 0.15) is 21.5 Å². The Balaban J connectivity index is 2.25. The third-order valence-electron chi connectivity index (χ3n) is 2.73. The van der Waals surface area contributed by atoms with E-state index in [9.17, 15) is 4.79 Å². The molecular weight excluding hydrogens is 304 g/mol. The maximum atomic E-state index is 12.2. The second-order valence-electron chi connectivity index (χ2n) is 4.57. The summed E-state index contributed by atoms with van der Waals surface area (Å²) in [5, 5.41) is 2.87. The Morgan fingerprint density at radius 3 is 2.32 bits per heavy atom. The van der Waals surface area contributed by atoms with Crippen molar-refractivity contribution in [1.82, 2.24) is 0 Å². The van der Waals surface area contributed by atoms with E-state index in [0.29, 0.717) is 16.9 Å². The van der Waals surface area contributed by atoms with Crippen LogP contribution in [0.25, 0.3) is 0 Å². The molecule has 19 heavy (non-hydrogen) atoms. The summed E-state index contributed by atoms with van der Waals surface area (Å²) in [6.07, 6.45) is 0. The van der Waals surface area contributed by atoms with Gasteiger partial charge in [-0.2, -0.15) is 0 Å². The molecule has 2 aromatic rings. The minimum absolute atomic E-state index is 0.128. The number of benzene rings is 2. The van der Waals surface area contributed by atoms with E-state index in [4.69, 9.17) is 5.73 Å². The summed E-state index contributed by atoms with van der Waals surface area (Å²) in [6, 6.07) is 11.1. The van der Waals surface area contributed by atoms with Gasteiger partial charge in [0.1, 0.15) is 0 Å².